The predicted octanol–water partition coefficient (Wildman–Crippen LogP) is 3.27. The van der Waals surface area contributed by atoms with Gasteiger partial charge in [0.25, 0.3) is 5.91 Å². The molecule has 30 heavy (non-hydrogen) atoms. The molecule has 0 radical (unpaired) electrons. The zero-order valence-electron chi connectivity index (χ0n) is 16.9. The number of fused-ring (bicyclic) bond motifs is 1. The molecule has 2 saturated heterocycles. The second-order valence-electron chi connectivity index (χ2n) is 8.77. The molecule has 2 heterocycles. The highest BCUT2D eigenvalue weighted by molar-refractivity contribution is 6.07. The SMILES string of the molecule is O=C1NC2(CCc3ccccc3C2)C(=O)N1CN1CCCC1Cc1cccc(F)c1. The minimum atomic E-state index is -0.816. The molecule has 5 nitrogen and oxygen atoms in total. The maximum absolute atomic E-state index is 13.6. The first-order valence-electron chi connectivity index (χ1n) is 10.7. The summed E-state index contributed by atoms with van der Waals surface area (Å²) in [6.45, 7) is 1.14. The Labute approximate surface area is 175 Å². The summed E-state index contributed by atoms with van der Waals surface area (Å²) >= 11 is 0. The number of hydrogen-bond donors (Lipinski definition) is 1. The number of imide groups is 1. The number of carbonyl (C=O) groups is 2. The maximum Gasteiger partial charge on any atom is 0.326 e. The van der Waals surface area contributed by atoms with E-state index in [1.54, 1.807) is 12.1 Å². The van der Waals surface area contributed by atoms with Crippen LogP contribution in [0.25, 0.3) is 0 Å². The van der Waals surface area contributed by atoms with Crippen LogP contribution in [-0.2, 0) is 24.1 Å². The van der Waals surface area contributed by atoms with Crippen molar-refractivity contribution in [3.63, 3.8) is 0 Å². The van der Waals surface area contributed by atoms with Crippen LogP contribution in [0, 0.1) is 5.82 Å². The Balaban J connectivity index is 1.30. The Kier molecular flexibility index (Phi) is 4.82. The van der Waals surface area contributed by atoms with Gasteiger partial charge in [-0.05, 0) is 60.9 Å². The summed E-state index contributed by atoms with van der Waals surface area (Å²) < 4.78 is 13.6. The van der Waals surface area contributed by atoms with E-state index in [1.807, 2.05) is 24.3 Å². The Morgan fingerprint density at radius 1 is 1.10 bits per heavy atom. The minimum Gasteiger partial charge on any atom is -0.323 e. The number of nitrogens with one attached hydrogen (secondary N) is 1. The molecule has 0 bridgehead atoms. The van der Waals surface area contributed by atoms with Crippen LogP contribution in [0.2, 0.25) is 0 Å². The van der Waals surface area contributed by atoms with E-state index >= 15 is 0 Å². The Hall–Kier alpha value is -2.73. The van der Waals surface area contributed by atoms with Gasteiger partial charge in [-0.2, -0.15) is 0 Å². The molecule has 2 aromatic rings. The Bertz CT molecular complexity index is 994. The molecule has 6 heteroatoms. The standard InChI is InChI=1S/C24H26FN3O2/c25-20-8-3-5-17(13-20)14-21-9-4-12-27(21)16-28-22(29)24(26-23(28)30)11-10-18-6-1-2-7-19(18)15-24/h1-3,5-8,13,21H,4,9-12,14-16H2,(H,26,30). The van der Waals surface area contributed by atoms with Crippen LogP contribution in [0.5, 0.6) is 0 Å². The van der Waals surface area contributed by atoms with Gasteiger partial charge in [0, 0.05) is 19.0 Å². The van der Waals surface area contributed by atoms with E-state index in [0.29, 0.717) is 19.5 Å². The number of rotatable bonds is 4. The van der Waals surface area contributed by atoms with Crippen molar-refractivity contribution < 1.29 is 14.0 Å². The first-order valence-corrected chi connectivity index (χ1v) is 10.7. The molecule has 1 spiro atoms. The fraction of sp³-hybridized carbons (Fsp3) is 0.417. The summed E-state index contributed by atoms with van der Waals surface area (Å²) in [4.78, 5) is 29.7. The Morgan fingerprint density at radius 2 is 1.93 bits per heavy atom. The topological polar surface area (TPSA) is 52.7 Å². The van der Waals surface area contributed by atoms with Gasteiger partial charge in [0.05, 0.1) is 6.67 Å². The maximum atomic E-state index is 13.6. The molecule has 1 N–H and O–H groups in total. The highest BCUT2D eigenvalue weighted by atomic mass is 19.1. The molecule has 1 aliphatic carbocycles. The van der Waals surface area contributed by atoms with Gasteiger partial charge in [0.2, 0.25) is 0 Å². The van der Waals surface area contributed by atoms with Crippen molar-refractivity contribution in [3.8, 4) is 0 Å². The van der Waals surface area contributed by atoms with Crippen molar-refractivity contribution in [2.24, 2.45) is 0 Å². The van der Waals surface area contributed by atoms with E-state index in [1.165, 1.54) is 16.5 Å². The van der Waals surface area contributed by atoms with E-state index in [-0.39, 0.29) is 23.8 Å². The fourth-order valence-corrected chi connectivity index (χ4v) is 5.26. The van der Waals surface area contributed by atoms with Crippen LogP contribution in [0.1, 0.15) is 36.0 Å². The molecule has 3 aliphatic rings. The van der Waals surface area contributed by atoms with Crippen molar-refractivity contribution in [1.82, 2.24) is 15.1 Å². The molecular formula is C24H26FN3O2. The molecule has 0 saturated carbocycles. The number of amides is 3. The van der Waals surface area contributed by atoms with Crippen LogP contribution in [-0.4, -0.2) is 46.5 Å². The van der Waals surface area contributed by atoms with Gasteiger partial charge in [-0.3, -0.25) is 9.69 Å². The highest BCUT2D eigenvalue weighted by Gasteiger charge is 2.52. The number of hydrogen-bond acceptors (Lipinski definition) is 3. The number of aryl methyl sites for hydroxylation is 1. The van der Waals surface area contributed by atoms with Crippen LogP contribution >= 0.6 is 0 Å². The van der Waals surface area contributed by atoms with Crippen LogP contribution < -0.4 is 5.32 Å². The van der Waals surface area contributed by atoms with Gasteiger partial charge < -0.3 is 5.32 Å². The minimum absolute atomic E-state index is 0.113. The smallest absolute Gasteiger partial charge is 0.323 e. The summed E-state index contributed by atoms with van der Waals surface area (Å²) in [6.07, 6.45) is 4.71. The molecule has 2 aliphatic heterocycles. The third-order valence-corrected chi connectivity index (χ3v) is 6.86. The van der Waals surface area contributed by atoms with E-state index in [0.717, 1.165) is 43.4 Å². The monoisotopic (exact) mass is 407 g/mol. The van der Waals surface area contributed by atoms with Crippen molar-refractivity contribution in [3.05, 3.63) is 71.0 Å². The summed E-state index contributed by atoms with van der Waals surface area (Å²) in [5.74, 6) is -0.343. The number of nitrogens with zero attached hydrogens (tertiary/aromatic N) is 2. The quantitative estimate of drug-likeness (QED) is 0.792. The summed E-state index contributed by atoms with van der Waals surface area (Å²) in [7, 11) is 0. The number of benzene rings is 2. The molecular weight excluding hydrogens is 381 g/mol. The van der Waals surface area contributed by atoms with Gasteiger partial charge in [-0.25, -0.2) is 14.1 Å². The average molecular weight is 407 g/mol. The van der Waals surface area contributed by atoms with Crippen LogP contribution in [0.3, 0.4) is 0 Å². The van der Waals surface area contributed by atoms with E-state index < -0.39 is 5.54 Å². The van der Waals surface area contributed by atoms with Gasteiger partial charge >= 0.3 is 6.03 Å². The normalized spacial score (nSPS) is 26.3. The molecule has 5 rings (SSSR count). The summed E-state index contributed by atoms with van der Waals surface area (Å²) in [5.41, 5.74) is 2.54. The molecule has 0 aromatic heterocycles. The fourth-order valence-electron chi connectivity index (χ4n) is 5.26. The predicted molar refractivity (Wildman–Crippen MR) is 111 cm³/mol. The van der Waals surface area contributed by atoms with E-state index in [2.05, 4.69) is 16.3 Å². The lowest BCUT2D eigenvalue weighted by Crippen LogP contribution is -2.52. The van der Waals surface area contributed by atoms with Crippen molar-refractivity contribution in [2.45, 2.75) is 50.1 Å². The van der Waals surface area contributed by atoms with Crippen LogP contribution in [0.15, 0.2) is 48.5 Å². The Morgan fingerprint density at radius 3 is 2.77 bits per heavy atom. The van der Waals surface area contributed by atoms with E-state index in [4.69, 9.17) is 0 Å². The molecule has 2 unspecified atom stereocenters. The zero-order chi connectivity index (χ0) is 20.7. The van der Waals surface area contributed by atoms with Gasteiger partial charge in [0.1, 0.15) is 11.4 Å². The lowest BCUT2D eigenvalue weighted by Gasteiger charge is -2.33. The third-order valence-electron chi connectivity index (χ3n) is 6.86. The van der Waals surface area contributed by atoms with Crippen molar-refractivity contribution >= 4 is 11.9 Å². The third kappa shape index (κ3) is 3.39. The number of likely N-dealkylation sites (tertiary alicyclic amines) is 1. The number of carbonyl (C=O) groups excluding carboxylic acids is 2. The highest BCUT2D eigenvalue weighted by Crippen LogP contribution is 2.34. The van der Waals surface area contributed by atoms with Gasteiger partial charge in [0.15, 0.2) is 0 Å². The van der Waals surface area contributed by atoms with E-state index in [9.17, 15) is 14.0 Å². The summed E-state index contributed by atoms with van der Waals surface area (Å²) in [5, 5.41) is 3.02. The first-order chi connectivity index (χ1) is 14.5. The largest absolute Gasteiger partial charge is 0.326 e. The van der Waals surface area contributed by atoms with Crippen LogP contribution in [0.4, 0.5) is 9.18 Å². The van der Waals surface area contributed by atoms with Gasteiger partial charge in [-0.1, -0.05) is 36.4 Å². The lowest BCUT2D eigenvalue weighted by atomic mass is 9.78. The molecule has 2 atom stereocenters. The second kappa shape index (κ2) is 7.51. The summed E-state index contributed by atoms with van der Waals surface area (Å²) in [6, 6.07) is 14.7. The molecule has 2 fully saturated rings. The first kappa shape index (κ1) is 19.2. The average Bonchev–Trinajstić information content (AvgIpc) is 3.26. The number of urea groups is 1. The second-order valence-corrected chi connectivity index (χ2v) is 8.77. The van der Waals surface area contributed by atoms with Crippen molar-refractivity contribution in [2.75, 3.05) is 13.2 Å². The molecule has 156 valence electrons. The van der Waals surface area contributed by atoms with Gasteiger partial charge in [-0.15, -0.1) is 0 Å². The molecule has 2 aromatic carbocycles. The molecule has 3 amide bonds. The lowest BCUT2D eigenvalue weighted by molar-refractivity contribution is -0.133. The zero-order valence-corrected chi connectivity index (χ0v) is 16.9. The number of halogens is 1. The van der Waals surface area contributed by atoms with Crippen molar-refractivity contribution in [1.29, 1.82) is 0 Å².